The van der Waals surface area contributed by atoms with Crippen molar-refractivity contribution in [3.63, 3.8) is 0 Å². The number of sulfone groups is 1. The molecule has 0 aromatic heterocycles. The van der Waals surface area contributed by atoms with Crippen molar-refractivity contribution >= 4 is 25.5 Å². The van der Waals surface area contributed by atoms with Crippen LogP contribution in [0.25, 0.3) is 0 Å². The van der Waals surface area contributed by atoms with Crippen LogP contribution in [0.5, 0.6) is 0 Å². The van der Waals surface area contributed by atoms with E-state index in [1.807, 2.05) is 0 Å². The quantitative estimate of drug-likeness (QED) is 0.832. The van der Waals surface area contributed by atoms with Crippen molar-refractivity contribution in [1.29, 1.82) is 0 Å². The van der Waals surface area contributed by atoms with Crippen LogP contribution in [-0.2, 0) is 19.9 Å². The summed E-state index contributed by atoms with van der Waals surface area (Å²) in [6.07, 6.45) is 0.529. The lowest BCUT2D eigenvalue weighted by molar-refractivity contribution is 0.596. The molecule has 2 rings (SSSR count). The largest absolute Gasteiger partial charge is 0.381 e. The molecule has 0 radical (unpaired) electrons. The Morgan fingerprint density at radius 3 is 2.58 bits per heavy atom. The monoisotopic (exact) mass is 304 g/mol. The normalized spacial score (nSPS) is 22.3. The van der Waals surface area contributed by atoms with E-state index in [0.29, 0.717) is 17.7 Å². The standard InChI is InChI=1S/C11H16N2O4S2/c1-8-10(3-2-4-11(8)19(12,16)17)13-9-5-6-18(14,15)7-9/h2-4,9,13H,5-7H2,1H3,(H2,12,16,17). The predicted molar refractivity (Wildman–Crippen MR) is 73.2 cm³/mol. The van der Waals surface area contributed by atoms with Gasteiger partial charge < -0.3 is 5.32 Å². The van der Waals surface area contributed by atoms with Gasteiger partial charge in [-0.15, -0.1) is 0 Å². The summed E-state index contributed by atoms with van der Waals surface area (Å²) in [4.78, 5) is 0.0540. The Bertz CT molecular complexity index is 695. The fourth-order valence-corrected chi connectivity index (χ4v) is 4.69. The lowest BCUT2D eigenvalue weighted by atomic mass is 10.1. The number of benzene rings is 1. The van der Waals surface area contributed by atoms with Gasteiger partial charge in [0.15, 0.2) is 9.84 Å². The summed E-state index contributed by atoms with van der Waals surface area (Å²) >= 11 is 0. The smallest absolute Gasteiger partial charge is 0.238 e. The van der Waals surface area contributed by atoms with Crippen LogP contribution in [0.15, 0.2) is 23.1 Å². The molecule has 1 aromatic carbocycles. The van der Waals surface area contributed by atoms with Crippen LogP contribution in [-0.4, -0.2) is 34.4 Å². The zero-order valence-corrected chi connectivity index (χ0v) is 12.1. The summed E-state index contributed by atoms with van der Waals surface area (Å²) < 4.78 is 45.6. The van der Waals surface area contributed by atoms with Gasteiger partial charge in [-0.3, -0.25) is 0 Å². The van der Waals surface area contributed by atoms with Gasteiger partial charge in [0.2, 0.25) is 10.0 Å². The third-order valence-electron chi connectivity index (χ3n) is 3.18. The second-order valence-corrected chi connectivity index (χ2v) is 8.48. The molecule has 1 heterocycles. The Labute approximate surface area is 113 Å². The molecule has 1 aliphatic heterocycles. The maximum atomic E-state index is 11.4. The van der Waals surface area contributed by atoms with Gasteiger partial charge in [-0.1, -0.05) is 6.07 Å². The fourth-order valence-electron chi connectivity index (χ4n) is 2.21. The van der Waals surface area contributed by atoms with E-state index in [4.69, 9.17) is 5.14 Å². The molecule has 6 nitrogen and oxygen atoms in total. The number of rotatable bonds is 3. The number of nitrogens with one attached hydrogen (secondary N) is 1. The van der Waals surface area contributed by atoms with Gasteiger partial charge in [-0.25, -0.2) is 22.0 Å². The van der Waals surface area contributed by atoms with Gasteiger partial charge in [0.1, 0.15) is 0 Å². The first-order chi connectivity index (χ1) is 8.69. The minimum Gasteiger partial charge on any atom is -0.381 e. The molecule has 1 aliphatic rings. The molecule has 106 valence electrons. The molecule has 3 N–H and O–H groups in total. The van der Waals surface area contributed by atoms with Crippen molar-refractivity contribution in [2.45, 2.75) is 24.3 Å². The van der Waals surface area contributed by atoms with Crippen LogP contribution in [0, 0.1) is 6.92 Å². The number of sulfonamides is 1. The van der Waals surface area contributed by atoms with Gasteiger partial charge in [0.05, 0.1) is 16.4 Å². The van der Waals surface area contributed by atoms with Crippen LogP contribution in [0.2, 0.25) is 0 Å². The SMILES string of the molecule is Cc1c(NC2CCS(=O)(=O)C2)cccc1S(N)(=O)=O. The second-order valence-electron chi connectivity index (χ2n) is 4.72. The molecule has 0 aliphatic carbocycles. The lowest BCUT2D eigenvalue weighted by Gasteiger charge is -2.16. The van der Waals surface area contributed by atoms with Gasteiger partial charge in [0.25, 0.3) is 0 Å². The van der Waals surface area contributed by atoms with Crippen LogP contribution in [0.3, 0.4) is 0 Å². The number of anilines is 1. The molecule has 1 unspecified atom stereocenters. The summed E-state index contributed by atoms with van der Waals surface area (Å²) in [5.74, 6) is 0.241. The van der Waals surface area contributed by atoms with Crippen LogP contribution < -0.4 is 10.5 Å². The maximum absolute atomic E-state index is 11.4. The van der Waals surface area contributed by atoms with Gasteiger partial charge in [-0.05, 0) is 31.0 Å². The Hall–Kier alpha value is -1.12. The summed E-state index contributed by atoms with van der Waals surface area (Å²) in [5.41, 5.74) is 1.11. The molecule has 1 saturated heterocycles. The summed E-state index contributed by atoms with van der Waals surface area (Å²) in [6.45, 7) is 1.64. The third-order valence-corrected chi connectivity index (χ3v) is 6.01. The van der Waals surface area contributed by atoms with E-state index in [2.05, 4.69) is 5.32 Å². The predicted octanol–water partition coefficient (Wildman–Crippen LogP) is 0.241. The first kappa shape index (κ1) is 14.3. The van der Waals surface area contributed by atoms with Crippen molar-refractivity contribution in [1.82, 2.24) is 0 Å². The summed E-state index contributed by atoms with van der Waals surface area (Å²) in [7, 11) is -6.74. The second kappa shape index (κ2) is 4.77. The zero-order valence-electron chi connectivity index (χ0n) is 10.5. The van der Waals surface area contributed by atoms with E-state index in [0.717, 1.165) is 0 Å². The number of nitrogens with two attached hydrogens (primary N) is 1. The van der Waals surface area contributed by atoms with Gasteiger partial charge >= 0.3 is 0 Å². The van der Waals surface area contributed by atoms with Crippen LogP contribution in [0.4, 0.5) is 5.69 Å². The van der Waals surface area contributed by atoms with E-state index in [1.54, 1.807) is 19.1 Å². The molecule has 1 aromatic rings. The molecule has 0 spiro atoms. The highest BCUT2D eigenvalue weighted by atomic mass is 32.2. The van der Waals surface area contributed by atoms with Crippen LogP contribution in [0.1, 0.15) is 12.0 Å². The average molecular weight is 304 g/mol. The Balaban J connectivity index is 2.28. The van der Waals surface area contributed by atoms with Crippen LogP contribution >= 0.6 is 0 Å². The lowest BCUT2D eigenvalue weighted by Crippen LogP contribution is -2.22. The summed E-state index contributed by atoms with van der Waals surface area (Å²) in [6, 6.07) is 4.55. The fraction of sp³-hybridized carbons (Fsp3) is 0.455. The van der Waals surface area contributed by atoms with E-state index in [-0.39, 0.29) is 22.4 Å². The van der Waals surface area contributed by atoms with E-state index < -0.39 is 19.9 Å². The number of hydrogen-bond acceptors (Lipinski definition) is 5. The van der Waals surface area contributed by atoms with Gasteiger partial charge in [-0.2, -0.15) is 0 Å². The molecule has 8 heteroatoms. The molecular weight excluding hydrogens is 288 g/mol. The topological polar surface area (TPSA) is 106 Å². The highest BCUT2D eigenvalue weighted by Gasteiger charge is 2.28. The molecule has 1 atom stereocenters. The molecule has 19 heavy (non-hydrogen) atoms. The minimum atomic E-state index is -3.77. The van der Waals surface area contributed by atoms with E-state index in [1.165, 1.54) is 6.07 Å². The summed E-state index contributed by atoms with van der Waals surface area (Å²) in [5, 5.41) is 8.20. The minimum absolute atomic E-state index is 0.0540. The third kappa shape index (κ3) is 3.26. The Morgan fingerprint density at radius 1 is 1.37 bits per heavy atom. The number of primary sulfonamides is 1. The Kier molecular flexibility index (Phi) is 3.59. The van der Waals surface area contributed by atoms with Crippen molar-refractivity contribution < 1.29 is 16.8 Å². The van der Waals surface area contributed by atoms with E-state index >= 15 is 0 Å². The van der Waals surface area contributed by atoms with Crippen molar-refractivity contribution in [3.8, 4) is 0 Å². The van der Waals surface area contributed by atoms with Crippen molar-refractivity contribution in [2.75, 3.05) is 16.8 Å². The molecule has 0 amide bonds. The number of hydrogen-bond donors (Lipinski definition) is 2. The van der Waals surface area contributed by atoms with Crippen molar-refractivity contribution in [3.05, 3.63) is 23.8 Å². The van der Waals surface area contributed by atoms with Crippen molar-refractivity contribution in [2.24, 2.45) is 5.14 Å². The Morgan fingerprint density at radius 2 is 2.05 bits per heavy atom. The first-order valence-corrected chi connectivity index (χ1v) is 9.15. The molecule has 0 saturated carbocycles. The highest BCUT2D eigenvalue weighted by molar-refractivity contribution is 7.91. The molecular formula is C11H16N2O4S2. The van der Waals surface area contributed by atoms with E-state index in [9.17, 15) is 16.8 Å². The highest BCUT2D eigenvalue weighted by Crippen LogP contribution is 2.24. The average Bonchev–Trinajstić information content (AvgIpc) is 2.59. The first-order valence-electron chi connectivity index (χ1n) is 5.78. The molecule has 1 fully saturated rings. The van der Waals surface area contributed by atoms with Gasteiger partial charge in [0, 0.05) is 11.7 Å². The maximum Gasteiger partial charge on any atom is 0.238 e. The molecule has 0 bridgehead atoms. The zero-order chi connectivity index (χ0) is 14.3.